The first-order chi connectivity index (χ1) is 14.0. The molecule has 0 aliphatic rings. The van der Waals surface area contributed by atoms with Gasteiger partial charge in [0, 0.05) is 18.1 Å². The maximum Gasteiger partial charge on any atom is 0.335 e. The highest BCUT2D eigenvalue weighted by Crippen LogP contribution is 2.27. The maximum absolute atomic E-state index is 11.1. The molecule has 0 fully saturated rings. The van der Waals surface area contributed by atoms with Crippen LogP contribution in [0.1, 0.15) is 16.2 Å². The molecule has 6 nitrogen and oxygen atoms in total. The molecule has 29 heavy (non-hydrogen) atoms. The predicted molar refractivity (Wildman–Crippen MR) is 110 cm³/mol. The number of hydrogen-bond donors (Lipinski definition) is 1. The van der Waals surface area contributed by atoms with E-state index in [9.17, 15) is 4.79 Å². The van der Waals surface area contributed by atoms with Crippen LogP contribution in [-0.4, -0.2) is 20.6 Å². The molecule has 7 heteroatoms. The van der Waals surface area contributed by atoms with Gasteiger partial charge in [0.25, 0.3) is 0 Å². The molecule has 0 spiro atoms. The van der Waals surface area contributed by atoms with Gasteiger partial charge >= 0.3 is 5.97 Å². The van der Waals surface area contributed by atoms with E-state index >= 15 is 0 Å². The van der Waals surface area contributed by atoms with Crippen LogP contribution in [0.4, 0.5) is 0 Å². The van der Waals surface area contributed by atoms with Crippen LogP contribution < -0.4 is 9.47 Å². The van der Waals surface area contributed by atoms with Gasteiger partial charge in [-0.1, -0.05) is 17.7 Å². The first-order valence-electron chi connectivity index (χ1n) is 8.84. The number of carboxylic acids is 1. The third kappa shape index (κ3) is 4.17. The van der Waals surface area contributed by atoms with Crippen molar-refractivity contribution in [3.8, 4) is 17.2 Å². The van der Waals surface area contributed by atoms with Gasteiger partial charge in [-0.3, -0.25) is 0 Å². The summed E-state index contributed by atoms with van der Waals surface area (Å²) in [5, 5.41) is 9.74. The Hall–Kier alpha value is -3.51. The number of carboxylic acid groups (broad SMARTS) is 1. The summed E-state index contributed by atoms with van der Waals surface area (Å²) in [4.78, 5) is 15.7. The Bertz CT molecular complexity index is 1190. The standard InChI is InChI=1S/C22H17ClN2O4/c1-25-20-12-18(29-16-7-5-15(23)6-8-16)9-10-19(20)24-21(25)13-28-17-4-2-3-14(11-17)22(26)27/h2-12H,13H2,1H3,(H,26,27). The highest BCUT2D eigenvalue weighted by Gasteiger charge is 2.11. The molecule has 1 N–H and O–H groups in total. The SMILES string of the molecule is Cn1c(COc2cccc(C(=O)O)c2)nc2ccc(Oc3ccc(Cl)cc3)cc21. The van der Waals surface area contributed by atoms with Crippen molar-refractivity contribution >= 4 is 28.6 Å². The molecule has 0 saturated heterocycles. The molecule has 0 amide bonds. The van der Waals surface area contributed by atoms with Gasteiger partial charge < -0.3 is 19.1 Å². The minimum absolute atomic E-state index is 0.177. The van der Waals surface area contributed by atoms with Gasteiger partial charge in [0.2, 0.25) is 0 Å². The van der Waals surface area contributed by atoms with E-state index in [4.69, 9.17) is 26.2 Å². The fourth-order valence-corrected chi connectivity index (χ4v) is 3.04. The van der Waals surface area contributed by atoms with Crippen LogP contribution in [0.2, 0.25) is 5.02 Å². The summed E-state index contributed by atoms with van der Waals surface area (Å²) in [5.41, 5.74) is 1.89. The first-order valence-corrected chi connectivity index (χ1v) is 9.22. The van der Waals surface area contributed by atoms with Crippen molar-refractivity contribution in [2.45, 2.75) is 6.61 Å². The van der Waals surface area contributed by atoms with Crippen molar-refractivity contribution in [1.29, 1.82) is 0 Å². The third-order valence-corrected chi connectivity index (χ3v) is 4.70. The van der Waals surface area contributed by atoms with Gasteiger partial charge in [-0.15, -0.1) is 0 Å². The van der Waals surface area contributed by atoms with Crippen molar-refractivity contribution in [3.05, 3.63) is 83.1 Å². The van der Waals surface area contributed by atoms with E-state index in [1.807, 2.05) is 29.8 Å². The van der Waals surface area contributed by atoms with Crippen LogP contribution in [0.25, 0.3) is 11.0 Å². The monoisotopic (exact) mass is 408 g/mol. The molecule has 0 bridgehead atoms. The van der Waals surface area contributed by atoms with Gasteiger partial charge in [0.15, 0.2) is 0 Å². The molecule has 0 aliphatic carbocycles. The molecular formula is C22H17ClN2O4. The zero-order chi connectivity index (χ0) is 20.4. The first kappa shape index (κ1) is 18.8. The second-order valence-electron chi connectivity index (χ2n) is 6.42. The van der Waals surface area contributed by atoms with Crippen molar-refractivity contribution < 1.29 is 19.4 Å². The molecule has 146 valence electrons. The van der Waals surface area contributed by atoms with Gasteiger partial charge in [-0.25, -0.2) is 9.78 Å². The molecule has 4 rings (SSSR count). The number of fused-ring (bicyclic) bond motifs is 1. The second kappa shape index (κ2) is 7.85. The lowest BCUT2D eigenvalue weighted by Crippen LogP contribution is -2.04. The molecule has 4 aromatic rings. The summed E-state index contributed by atoms with van der Waals surface area (Å²) in [6.07, 6.45) is 0. The molecule has 1 aromatic heterocycles. The Morgan fingerprint density at radius 3 is 2.55 bits per heavy atom. The largest absolute Gasteiger partial charge is 0.486 e. The number of hydrogen-bond acceptors (Lipinski definition) is 4. The number of aromatic nitrogens is 2. The van der Waals surface area contributed by atoms with Gasteiger partial charge in [0.1, 0.15) is 29.7 Å². The Morgan fingerprint density at radius 2 is 1.79 bits per heavy atom. The number of benzene rings is 3. The van der Waals surface area contributed by atoms with Gasteiger partial charge in [-0.2, -0.15) is 0 Å². The number of nitrogens with zero attached hydrogens (tertiary/aromatic N) is 2. The van der Waals surface area contributed by atoms with E-state index < -0.39 is 5.97 Å². The van der Waals surface area contributed by atoms with E-state index in [0.717, 1.165) is 11.0 Å². The Kier molecular flexibility index (Phi) is 5.10. The highest BCUT2D eigenvalue weighted by atomic mass is 35.5. The molecule has 1 heterocycles. The topological polar surface area (TPSA) is 73.6 Å². The number of aryl methyl sites for hydroxylation is 1. The van der Waals surface area contributed by atoms with Crippen molar-refractivity contribution in [2.24, 2.45) is 7.05 Å². The van der Waals surface area contributed by atoms with Crippen molar-refractivity contribution in [1.82, 2.24) is 9.55 Å². The fraction of sp³-hybridized carbons (Fsp3) is 0.0909. The lowest BCUT2D eigenvalue weighted by atomic mass is 10.2. The number of ether oxygens (including phenoxy) is 2. The van der Waals surface area contributed by atoms with E-state index in [1.165, 1.54) is 12.1 Å². The lowest BCUT2D eigenvalue weighted by molar-refractivity contribution is 0.0696. The Balaban J connectivity index is 1.53. The number of rotatable bonds is 6. The minimum Gasteiger partial charge on any atom is -0.486 e. The van der Waals surface area contributed by atoms with Crippen LogP contribution in [0.5, 0.6) is 17.2 Å². The van der Waals surface area contributed by atoms with Crippen LogP contribution in [-0.2, 0) is 13.7 Å². The minimum atomic E-state index is -0.994. The highest BCUT2D eigenvalue weighted by molar-refractivity contribution is 6.30. The van der Waals surface area contributed by atoms with Crippen LogP contribution in [0, 0.1) is 0 Å². The number of halogens is 1. The molecule has 0 saturated carbocycles. The number of imidazole rings is 1. The third-order valence-electron chi connectivity index (χ3n) is 4.44. The fourth-order valence-electron chi connectivity index (χ4n) is 2.92. The van der Waals surface area contributed by atoms with Crippen molar-refractivity contribution in [2.75, 3.05) is 0 Å². The van der Waals surface area contributed by atoms with Gasteiger partial charge in [0.05, 0.1) is 16.6 Å². The zero-order valence-corrected chi connectivity index (χ0v) is 16.3. The van der Waals surface area contributed by atoms with Crippen LogP contribution >= 0.6 is 11.6 Å². The molecule has 0 aliphatic heterocycles. The van der Waals surface area contributed by atoms with E-state index in [-0.39, 0.29) is 12.2 Å². The Labute approximate surface area is 171 Å². The molecule has 0 radical (unpaired) electrons. The van der Waals surface area contributed by atoms with E-state index in [0.29, 0.717) is 28.1 Å². The van der Waals surface area contributed by atoms with Crippen LogP contribution in [0.3, 0.4) is 0 Å². The summed E-state index contributed by atoms with van der Waals surface area (Å²) >= 11 is 5.91. The lowest BCUT2D eigenvalue weighted by Gasteiger charge is -2.08. The predicted octanol–water partition coefficient (Wildman–Crippen LogP) is 5.30. The summed E-state index contributed by atoms with van der Waals surface area (Å²) < 4.78 is 13.5. The second-order valence-corrected chi connectivity index (χ2v) is 6.85. The van der Waals surface area contributed by atoms with E-state index in [2.05, 4.69) is 4.98 Å². The summed E-state index contributed by atoms with van der Waals surface area (Å²) in [6, 6.07) is 19.2. The van der Waals surface area contributed by atoms with Crippen LogP contribution in [0.15, 0.2) is 66.7 Å². The molecule has 3 aromatic carbocycles. The van der Waals surface area contributed by atoms with E-state index in [1.54, 1.807) is 36.4 Å². The summed E-state index contributed by atoms with van der Waals surface area (Å²) in [5.74, 6) is 1.57. The quantitative estimate of drug-likeness (QED) is 0.469. The smallest absolute Gasteiger partial charge is 0.335 e. The zero-order valence-electron chi connectivity index (χ0n) is 15.5. The van der Waals surface area contributed by atoms with Gasteiger partial charge in [-0.05, 0) is 54.6 Å². The normalized spacial score (nSPS) is 10.8. The number of aromatic carboxylic acids is 1. The molecular weight excluding hydrogens is 392 g/mol. The summed E-state index contributed by atoms with van der Waals surface area (Å²) in [7, 11) is 1.90. The number of carbonyl (C=O) groups is 1. The molecule has 0 unspecified atom stereocenters. The maximum atomic E-state index is 11.1. The molecule has 0 atom stereocenters. The average molecular weight is 409 g/mol. The average Bonchev–Trinajstić information content (AvgIpc) is 3.04. The Morgan fingerprint density at radius 1 is 1.03 bits per heavy atom. The van der Waals surface area contributed by atoms with Crippen molar-refractivity contribution in [3.63, 3.8) is 0 Å². The summed E-state index contributed by atoms with van der Waals surface area (Å²) in [6.45, 7) is 0.210.